The normalized spacial score (nSPS) is 10.8. The molecule has 0 aliphatic heterocycles. The van der Waals surface area contributed by atoms with Crippen LogP contribution >= 0.6 is 11.3 Å². The molecule has 3 aromatic heterocycles. The highest BCUT2D eigenvalue weighted by Gasteiger charge is 2.10. The molecule has 0 radical (unpaired) electrons. The Hall–Kier alpha value is -2.32. The van der Waals surface area contributed by atoms with E-state index in [2.05, 4.69) is 36.7 Å². The van der Waals surface area contributed by atoms with E-state index in [1.54, 1.807) is 23.7 Å². The Morgan fingerprint density at radius 2 is 2.05 bits per heavy atom. The van der Waals surface area contributed by atoms with Gasteiger partial charge in [0.25, 0.3) is 0 Å². The summed E-state index contributed by atoms with van der Waals surface area (Å²) in [4.78, 5) is 19.3. The van der Waals surface area contributed by atoms with E-state index in [-0.39, 0.29) is 0 Å². The number of fused-ring (bicyclic) bond motifs is 1. The van der Waals surface area contributed by atoms with Crippen LogP contribution in [0.5, 0.6) is 0 Å². The number of hydrogen-bond acceptors (Lipinski definition) is 8. The second-order valence-electron chi connectivity index (χ2n) is 4.62. The minimum Gasteiger partial charge on any atom is -0.364 e. The van der Waals surface area contributed by atoms with Crippen LogP contribution in [0.25, 0.3) is 10.2 Å². The van der Waals surface area contributed by atoms with E-state index in [4.69, 9.17) is 5.84 Å². The number of nitrogens with zero attached hydrogens (tertiary/aromatic N) is 4. The lowest BCUT2D eigenvalue weighted by atomic mass is 10.3. The summed E-state index contributed by atoms with van der Waals surface area (Å²) in [5.74, 6) is 6.55. The Morgan fingerprint density at radius 3 is 2.76 bits per heavy atom. The van der Waals surface area contributed by atoms with Crippen LogP contribution < -0.4 is 16.6 Å². The summed E-state index contributed by atoms with van der Waals surface area (Å²) in [7, 11) is 0. The van der Waals surface area contributed by atoms with Gasteiger partial charge in [0, 0.05) is 11.1 Å². The number of thiophene rings is 1. The van der Waals surface area contributed by atoms with Gasteiger partial charge in [0.15, 0.2) is 0 Å². The fourth-order valence-corrected chi connectivity index (χ4v) is 2.81. The molecule has 8 heteroatoms. The molecule has 0 aliphatic carbocycles. The first-order chi connectivity index (χ1) is 10.2. The highest BCUT2D eigenvalue weighted by atomic mass is 32.1. The van der Waals surface area contributed by atoms with Crippen molar-refractivity contribution in [3.8, 4) is 0 Å². The number of nitrogen functional groups attached to an aromatic ring is 1. The first-order valence-electron chi connectivity index (χ1n) is 6.42. The summed E-state index contributed by atoms with van der Waals surface area (Å²) in [6, 6.07) is 2.06. The first kappa shape index (κ1) is 13.7. The Labute approximate surface area is 125 Å². The molecular weight excluding hydrogens is 286 g/mol. The molecule has 0 atom stereocenters. The van der Waals surface area contributed by atoms with Gasteiger partial charge in [0.2, 0.25) is 5.95 Å². The predicted octanol–water partition coefficient (Wildman–Crippen LogP) is 2.00. The number of hydrogen-bond donors (Lipinski definition) is 3. The first-order valence-corrected chi connectivity index (χ1v) is 7.23. The summed E-state index contributed by atoms with van der Waals surface area (Å²) in [5, 5.41) is 4.25. The van der Waals surface area contributed by atoms with E-state index < -0.39 is 0 Å². The van der Waals surface area contributed by atoms with Crippen molar-refractivity contribution in [3.63, 3.8) is 0 Å². The number of anilines is 2. The van der Waals surface area contributed by atoms with E-state index in [0.29, 0.717) is 12.5 Å². The minimum absolute atomic E-state index is 0.391. The van der Waals surface area contributed by atoms with Gasteiger partial charge in [-0.25, -0.2) is 10.8 Å². The Morgan fingerprint density at radius 1 is 1.19 bits per heavy atom. The Bertz CT molecular complexity index is 766. The maximum atomic E-state index is 5.42. The van der Waals surface area contributed by atoms with Crippen molar-refractivity contribution >= 4 is 33.3 Å². The van der Waals surface area contributed by atoms with Gasteiger partial charge in [-0.3, -0.25) is 15.4 Å². The molecule has 0 aliphatic rings. The van der Waals surface area contributed by atoms with E-state index >= 15 is 0 Å². The molecule has 21 heavy (non-hydrogen) atoms. The number of aryl methyl sites for hydroxylation is 2. The molecule has 0 amide bonds. The van der Waals surface area contributed by atoms with Crippen molar-refractivity contribution in [2.75, 3.05) is 10.7 Å². The van der Waals surface area contributed by atoms with Crippen molar-refractivity contribution in [2.45, 2.75) is 20.4 Å². The van der Waals surface area contributed by atoms with Crippen LogP contribution in [0.1, 0.15) is 16.3 Å². The highest BCUT2D eigenvalue weighted by molar-refractivity contribution is 7.18. The lowest BCUT2D eigenvalue weighted by Gasteiger charge is -2.08. The molecule has 0 saturated carbocycles. The number of nitrogens with two attached hydrogens (primary N) is 1. The van der Waals surface area contributed by atoms with Crippen LogP contribution in [-0.4, -0.2) is 19.9 Å². The van der Waals surface area contributed by atoms with Crippen LogP contribution in [-0.2, 0) is 6.54 Å². The zero-order valence-corrected chi connectivity index (χ0v) is 12.5. The molecular formula is C13H15N7S. The topological polar surface area (TPSA) is 102 Å². The molecule has 3 heterocycles. The van der Waals surface area contributed by atoms with Crippen LogP contribution in [0.2, 0.25) is 0 Å². The quantitative estimate of drug-likeness (QED) is 0.500. The molecule has 4 N–H and O–H groups in total. The fourth-order valence-electron chi connectivity index (χ4n) is 1.93. The molecule has 0 bridgehead atoms. The van der Waals surface area contributed by atoms with Gasteiger partial charge < -0.3 is 5.32 Å². The molecule has 108 valence electrons. The summed E-state index contributed by atoms with van der Waals surface area (Å²) in [5.41, 5.74) is 4.23. The molecule has 7 nitrogen and oxygen atoms in total. The van der Waals surface area contributed by atoms with Gasteiger partial charge in [0.05, 0.1) is 29.5 Å². The lowest BCUT2D eigenvalue weighted by molar-refractivity contribution is 0.976. The number of hydrazine groups is 1. The van der Waals surface area contributed by atoms with Gasteiger partial charge in [-0.05, 0) is 19.9 Å². The van der Waals surface area contributed by atoms with E-state index in [1.165, 1.54) is 4.88 Å². The average Bonchev–Trinajstić information content (AvgIpc) is 2.86. The lowest BCUT2D eigenvalue weighted by Crippen LogP contribution is -2.12. The summed E-state index contributed by atoms with van der Waals surface area (Å²) < 4.78 is 0. The van der Waals surface area contributed by atoms with Crippen LogP contribution in [0.4, 0.5) is 11.8 Å². The molecule has 0 aromatic carbocycles. The average molecular weight is 301 g/mol. The van der Waals surface area contributed by atoms with Gasteiger partial charge in [-0.2, -0.15) is 4.98 Å². The fraction of sp³-hybridized carbons (Fsp3) is 0.231. The highest BCUT2D eigenvalue weighted by Crippen LogP contribution is 2.29. The predicted molar refractivity (Wildman–Crippen MR) is 84.1 cm³/mol. The molecule has 0 unspecified atom stereocenters. The second kappa shape index (κ2) is 5.58. The zero-order valence-electron chi connectivity index (χ0n) is 11.7. The maximum Gasteiger partial charge on any atom is 0.240 e. The Balaban J connectivity index is 1.90. The third-order valence-corrected chi connectivity index (χ3v) is 3.86. The minimum atomic E-state index is 0.391. The third kappa shape index (κ3) is 2.91. The van der Waals surface area contributed by atoms with Crippen molar-refractivity contribution in [3.05, 3.63) is 34.7 Å². The summed E-state index contributed by atoms with van der Waals surface area (Å²) in [6.07, 6.45) is 3.50. The van der Waals surface area contributed by atoms with Crippen molar-refractivity contribution < 1.29 is 0 Å². The largest absolute Gasteiger partial charge is 0.364 e. The van der Waals surface area contributed by atoms with Gasteiger partial charge >= 0.3 is 0 Å². The van der Waals surface area contributed by atoms with Gasteiger partial charge in [0.1, 0.15) is 10.6 Å². The van der Waals surface area contributed by atoms with E-state index in [1.807, 2.05) is 13.8 Å². The maximum absolute atomic E-state index is 5.42. The summed E-state index contributed by atoms with van der Waals surface area (Å²) >= 11 is 1.60. The van der Waals surface area contributed by atoms with Crippen LogP contribution in [0, 0.1) is 13.8 Å². The molecule has 0 spiro atoms. The third-order valence-electron chi connectivity index (χ3n) is 2.92. The van der Waals surface area contributed by atoms with E-state index in [9.17, 15) is 0 Å². The monoisotopic (exact) mass is 301 g/mol. The standard InChI is InChI=1S/C13H15N7S/c1-7-4-16-9(5-15-7)6-17-11-10-3-8(2)21-12(10)19-13(18-11)20-14/h3-5H,6,14H2,1-2H3,(H2,17,18,19,20). The second-order valence-corrected chi connectivity index (χ2v) is 5.85. The van der Waals surface area contributed by atoms with Gasteiger partial charge in [-0.1, -0.05) is 0 Å². The molecule has 3 rings (SSSR count). The van der Waals surface area contributed by atoms with Crippen molar-refractivity contribution in [1.29, 1.82) is 0 Å². The molecule has 0 saturated heterocycles. The van der Waals surface area contributed by atoms with Crippen LogP contribution in [0.15, 0.2) is 18.5 Å². The van der Waals surface area contributed by atoms with Crippen molar-refractivity contribution in [2.24, 2.45) is 5.84 Å². The molecule has 0 fully saturated rings. The zero-order chi connectivity index (χ0) is 14.8. The van der Waals surface area contributed by atoms with Crippen molar-refractivity contribution in [1.82, 2.24) is 19.9 Å². The van der Waals surface area contributed by atoms with Crippen LogP contribution in [0.3, 0.4) is 0 Å². The van der Waals surface area contributed by atoms with Gasteiger partial charge in [-0.15, -0.1) is 11.3 Å². The number of aromatic nitrogens is 4. The van der Waals surface area contributed by atoms with E-state index in [0.717, 1.165) is 27.4 Å². The smallest absolute Gasteiger partial charge is 0.240 e. The number of rotatable bonds is 4. The SMILES string of the molecule is Cc1cnc(CNc2nc(NN)nc3sc(C)cc23)cn1. The Kier molecular flexibility index (Phi) is 3.63. The molecule has 3 aromatic rings. The number of nitrogens with one attached hydrogen (secondary N) is 2. The summed E-state index contributed by atoms with van der Waals surface area (Å²) in [6.45, 7) is 4.49.